The highest BCUT2D eigenvalue weighted by molar-refractivity contribution is 5.20. The Morgan fingerprint density at radius 1 is 0.281 bits per heavy atom. The zero-order valence-corrected chi connectivity index (χ0v) is 50.2. The lowest BCUT2D eigenvalue weighted by molar-refractivity contribution is -0.383. The number of benzene rings is 8. The SMILES string of the molecule is CO[C@@H]1C(OCc2ccccc2)[C@H](O[C@H]2C(COCc3ccccc3)O[C@@H](O[C@@H]3C(COCc4ccccc4)OC=C[C@@H]3OCc3ccccc3)C(OCc3ccccc3)[C@@H]2OCc2ccccc2)OC(COCc2ccccc2)[C@@H]1OCc1ccccc1. The lowest BCUT2D eigenvalue weighted by Crippen LogP contribution is -2.67. The number of hydrogen-bond acceptors (Lipinski definition) is 14. The Morgan fingerprint density at radius 3 is 0.944 bits per heavy atom. The summed E-state index contributed by atoms with van der Waals surface area (Å²) in [4.78, 5) is 0. The third-order valence-electron chi connectivity index (χ3n) is 15.9. The van der Waals surface area contributed by atoms with Gasteiger partial charge in [-0.15, -0.1) is 0 Å². The van der Waals surface area contributed by atoms with E-state index < -0.39 is 79.7 Å². The van der Waals surface area contributed by atoms with Gasteiger partial charge in [0, 0.05) is 7.11 Å². The first-order valence-corrected chi connectivity index (χ1v) is 30.7. The summed E-state index contributed by atoms with van der Waals surface area (Å²) < 4.78 is 97.9. The number of hydrogen-bond donors (Lipinski definition) is 0. The van der Waals surface area contributed by atoms with Crippen molar-refractivity contribution in [1.82, 2.24) is 0 Å². The number of ether oxygens (including phenoxy) is 14. The third kappa shape index (κ3) is 18.7. The van der Waals surface area contributed by atoms with Crippen LogP contribution in [0.3, 0.4) is 0 Å². The van der Waals surface area contributed by atoms with Crippen molar-refractivity contribution in [2.75, 3.05) is 26.9 Å². The quantitative estimate of drug-likeness (QED) is 0.0396. The van der Waals surface area contributed by atoms with Crippen LogP contribution in [0.15, 0.2) is 255 Å². The molecule has 0 N–H and O–H groups in total. The number of methoxy groups -OCH3 is 1. The van der Waals surface area contributed by atoms with Gasteiger partial charge in [0.25, 0.3) is 0 Å². The lowest BCUT2D eigenvalue weighted by Gasteiger charge is -2.50. The fourth-order valence-electron chi connectivity index (χ4n) is 11.2. The molecule has 5 unspecified atom stereocenters. The highest BCUT2D eigenvalue weighted by Crippen LogP contribution is 2.38. The van der Waals surface area contributed by atoms with Crippen LogP contribution in [0, 0.1) is 0 Å². The van der Waals surface area contributed by atoms with Gasteiger partial charge < -0.3 is 66.3 Å². The van der Waals surface area contributed by atoms with Crippen LogP contribution in [0.25, 0.3) is 0 Å². The van der Waals surface area contributed by atoms with Crippen LogP contribution in [-0.4, -0.2) is 107 Å². The second-order valence-corrected chi connectivity index (χ2v) is 22.3. The first-order chi connectivity index (χ1) is 44.1. The second kappa shape index (κ2) is 34.1. The molecule has 3 aliphatic heterocycles. The standard InChI is InChI=1S/C75H80O14/c1-76-70-68(82-48-59-34-18-6-19-35-59)65(53-78-45-56-28-12-3-13-29-56)86-74(72(70)84-50-61-38-22-8-23-39-61)89-69-66(54-79-46-57-30-14-4-15-31-57)87-75(73(85-51-62-40-24-9-25-41-62)71(69)83-49-60-36-20-7-21-37-60)88-67-63(81-47-58-32-16-5-17-33-58)42-43-80-64(67)52-77-44-55-26-10-2-11-27-55/h2-43,63-75H,44-54H2,1H3/t63-,64?,65?,66?,67-,68-,69-,70-,71+,72?,73?,74-,75-/m0/s1. The summed E-state index contributed by atoms with van der Waals surface area (Å²) in [5, 5.41) is 0. The van der Waals surface area contributed by atoms with Gasteiger partial charge in [-0.05, 0) is 50.6 Å². The van der Waals surface area contributed by atoms with E-state index in [1.165, 1.54) is 0 Å². The van der Waals surface area contributed by atoms with Crippen molar-refractivity contribution in [1.29, 1.82) is 0 Å². The second-order valence-electron chi connectivity index (χ2n) is 22.3. The molecule has 0 aromatic heterocycles. The fourth-order valence-corrected chi connectivity index (χ4v) is 11.2. The van der Waals surface area contributed by atoms with Gasteiger partial charge >= 0.3 is 0 Å². The zero-order valence-electron chi connectivity index (χ0n) is 50.2. The molecular weight excluding hydrogens is 1120 g/mol. The van der Waals surface area contributed by atoms with Crippen LogP contribution >= 0.6 is 0 Å². The van der Waals surface area contributed by atoms with Crippen LogP contribution in [0.2, 0.25) is 0 Å². The molecule has 464 valence electrons. The topological polar surface area (TPSA) is 129 Å². The first kappa shape index (κ1) is 63.4. The highest BCUT2D eigenvalue weighted by atomic mass is 16.8. The normalized spacial score (nSPS) is 25.1. The Morgan fingerprint density at radius 2 is 0.573 bits per heavy atom. The Balaban J connectivity index is 0.983. The minimum atomic E-state index is -1.15. The summed E-state index contributed by atoms with van der Waals surface area (Å²) in [7, 11) is 1.67. The van der Waals surface area contributed by atoms with E-state index in [1.807, 2.05) is 249 Å². The summed E-state index contributed by atoms with van der Waals surface area (Å²) in [6.45, 7) is 2.38. The Bertz CT molecular complexity index is 3230. The van der Waals surface area contributed by atoms with E-state index in [1.54, 1.807) is 13.4 Å². The molecule has 8 aromatic rings. The first-order valence-electron chi connectivity index (χ1n) is 30.7. The summed E-state index contributed by atoms with van der Waals surface area (Å²) in [6.07, 6.45) is -7.74. The molecule has 0 saturated carbocycles. The molecule has 3 aliphatic rings. The molecule has 11 rings (SSSR count). The van der Waals surface area contributed by atoms with E-state index in [4.69, 9.17) is 66.3 Å². The van der Waals surface area contributed by atoms with Crippen molar-refractivity contribution < 1.29 is 66.3 Å². The molecule has 0 bridgehead atoms. The van der Waals surface area contributed by atoms with Crippen LogP contribution in [-0.2, 0) is 119 Å². The van der Waals surface area contributed by atoms with E-state index >= 15 is 0 Å². The fraction of sp³-hybridized carbons (Fsp3) is 0.333. The van der Waals surface area contributed by atoms with Gasteiger partial charge in [0.05, 0.1) is 78.9 Å². The molecule has 8 aromatic carbocycles. The average molecular weight is 1210 g/mol. The highest BCUT2D eigenvalue weighted by Gasteiger charge is 2.55. The Labute approximate surface area is 523 Å². The van der Waals surface area contributed by atoms with Crippen LogP contribution in [0.1, 0.15) is 44.5 Å². The maximum atomic E-state index is 7.65. The summed E-state index contributed by atoms with van der Waals surface area (Å²) in [5.41, 5.74) is 7.78. The lowest BCUT2D eigenvalue weighted by atomic mass is 9.95. The third-order valence-corrected chi connectivity index (χ3v) is 15.9. The van der Waals surface area contributed by atoms with Gasteiger partial charge in [0.1, 0.15) is 61.0 Å². The maximum Gasteiger partial charge on any atom is 0.187 e. The smallest absolute Gasteiger partial charge is 0.187 e. The largest absolute Gasteiger partial charge is 0.493 e. The van der Waals surface area contributed by atoms with Gasteiger partial charge in [0.15, 0.2) is 18.7 Å². The van der Waals surface area contributed by atoms with E-state index in [9.17, 15) is 0 Å². The molecule has 0 aliphatic carbocycles. The predicted molar refractivity (Wildman–Crippen MR) is 335 cm³/mol. The van der Waals surface area contributed by atoms with Crippen molar-refractivity contribution in [2.45, 2.75) is 133 Å². The molecule has 0 spiro atoms. The van der Waals surface area contributed by atoms with E-state index in [0.29, 0.717) is 19.8 Å². The van der Waals surface area contributed by atoms with Crippen molar-refractivity contribution in [3.05, 3.63) is 300 Å². The molecule has 2 saturated heterocycles. The van der Waals surface area contributed by atoms with Crippen LogP contribution in [0.5, 0.6) is 0 Å². The predicted octanol–water partition coefficient (Wildman–Crippen LogP) is 12.7. The maximum absolute atomic E-state index is 7.65. The minimum absolute atomic E-state index is 0.0248. The zero-order chi connectivity index (χ0) is 60.5. The van der Waals surface area contributed by atoms with Gasteiger partial charge in [-0.25, -0.2) is 0 Å². The molecule has 13 atom stereocenters. The average Bonchev–Trinajstić information content (AvgIpc) is 1.89. The minimum Gasteiger partial charge on any atom is -0.493 e. The Kier molecular flexibility index (Phi) is 24.3. The van der Waals surface area contributed by atoms with Gasteiger partial charge in [0.2, 0.25) is 0 Å². The van der Waals surface area contributed by atoms with Gasteiger partial charge in [-0.3, -0.25) is 0 Å². The van der Waals surface area contributed by atoms with Crippen molar-refractivity contribution in [3.63, 3.8) is 0 Å². The van der Waals surface area contributed by atoms with Gasteiger partial charge in [-0.2, -0.15) is 0 Å². The molecule has 2 fully saturated rings. The molecule has 0 radical (unpaired) electrons. The molecule has 14 nitrogen and oxygen atoms in total. The van der Waals surface area contributed by atoms with Crippen molar-refractivity contribution in [3.8, 4) is 0 Å². The van der Waals surface area contributed by atoms with E-state index in [2.05, 4.69) is 0 Å². The van der Waals surface area contributed by atoms with E-state index in [0.717, 1.165) is 44.5 Å². The van der Waals surface area contributed by atoms with Crippen molar-refractivity contribution in [2.24, 2.45) is 0 Å². The van der Waals surface area contributed by atoms with E-state index in [-0.39, 0.29) is 52.9 Å². The van der Waals surface area contributed by atoms with Gasteiger partial charge in [-0.1, -0.05) is 243 Å². The summed E-state index contributed by atoms with van der Waals surface area (Å²) >= 11 is 0. The van der Waals surface area contributed by atoms with Crippen LogP contribution < -0.4 is 0 Å². The number of rotatable bonds is 32. The van der Waals surface area contributed by atoms with Crippen LogP contribution in [0.4, 0.5) is 0 Å². The van der Waals surface area contributed by atoms with Crippen molar-refractivity contribution >= 4 is 0 Å². The molecule has 3 heterocycles. The Hall–Kier alpha value is -7.22. The molecular formula is C75H80O14. The molecule has 14 heteroatoms. The summed E-state index contributed by atoms with van der Waals surface area (Å²) in [6, 6.07) is 80.2. The monoisotopic (exact) mass is 1200 g/mol. The molecule has 89 heavy (non-hydrogen) atoms. The molecule has 0 amide bonds. The summed E-state index contributed by atoms with van der Waals surface area (Å²) in [5.74, 6) is 0.